The number of Topliss-reactive ketones (excluding diaryl/α,β-unsaturated/α-hetero) is 1. The summed E-state index contributed by atoms with van der Waals surface area (Å²) in [6.45, 7) is 4.98. The van der Waals surface area contributed by atoms with Gasteiger partial charge in [0.2, 0.25) is 5.78 Å². The van der Waals surface area contributed by atoms with Crippen molar-refractivity contribution in [2.75, 3.05) is 7.11 Å². The smallest absolute Gasteiger partial charge is 0.339 e. The number of aryl methyl sites for hydroxylation is 1. The molecule has 2 rings (SSSR count). The zero-order chi connectivity index (χ0) is 17.9. The SMILES string of the molecule is COC(=O)c1c(C)[nH]c(C(=O)[C@@H](C)Oc2ccccc2C#N)c1C. The molecule has 1 heterocycles. The Balaban J connectivity index is 2.29. The molecule has 0 aliphatic rings. The fourth-order valence-corrected chi connectivity index (χ4v) is 2.51. The van der Waals surface area contributed by atoms with Gasteiger partial charge in [0.25, 0.3) is 0 Å². The number of hydrogen-bond acceptors (Lipinski definition) is 5. The Hall–Kier alpha value is -3.07. The normalized spacial score (nSPS) is 11.5. The van der Waals surface area contributed by atoms with Crippen LogP contribution >= 0.6 is 0 Å². The molecule has 1 aromatic heterocycles. The van der Waals surface area contributed by atoms with E-state index in [0.717, 1.165) is 0 Å². The molecule has 24 heavy (non-hydrogen) atoms. The van der Waals surface area contributed by atoms with Gasteiger partial charge in [0.1, 0.15) is 11.8 Å². The summed E-state index contributed by atoms with van der Waals surface area (Å²) in [5, 5.41) is 9.09. The fourth-order valence-electron chi connectivity index (χ4n) is 2.51. The number of rotatable bonds is 5. The van der Waals surface area contributed by atoms with Crippen LogP contribution in [0.2, 0.25) is 0 Å². The number of hydrogen-bond donors (Lipinski definition) is 1. The van der Waals surface area contributed by atoms with Gasteiger partial charge in [0, 0.05) is 5.69 Å². The maximum Gasteiger partial charge on any atom is 0.339 e. The quantitative estimate of drug-likeness (QED) is 0.673. The molecular formula is C18H18N2O4. The van der Waals surface area contributed by atoms with Crippen LogP contribution in [0, 0.1) is 25.2 Å². The number of H-pyrrole nitrogens is 1. The summed E-state index contributed by atoms with van der Waals surface area (Å²) < 4.78 is 10.4. The molecule has 0 radical (unpaired) electrons. The maximum absolute atomic E-state index is 12.7. The van der Waals surface area contributed by atoms with Gasteiger partial charge in [-0.15, -0.1) is 0 Å². The summed E-state index contributed by atoms with van der Waals surface area (Å²) in [7, 11) is 1.29. The van der Waals surface area contributed by atoms with Crippen molar-refractivity contribution in [3.8, 4) is 11.8 Å². The van der Waals surface area contributed by atoms with E-state index in [4.69, 9.17) is 14.7 Å². The van der Waals surface area contributed by atoms with Gasteiger partial charge in [0.15, 0.2) is 6.10 Å². The Labute approximate surface area is 140 Å². The first-order valence-electron chi connectivity index (χ1n) is 7.38. The molecule has 1 N–H and O–H groups in total. The number of aromatic amines is 1. The predicted octanol–water partition coefficient (Wildman–Crippen LogP) is 2.94. The third kappa shape index (κ3) is 3.15. The van der Waals surface area contributed by atoms with Crippen LogP contribution in [-0.4, -0.2) is 30.0 Å². The predicted molar refractivity (Wildman–Crippen MR) is 87.2 cm³/mol. The van der Waals surface area contributed by atoms with E-state index < -0.39 is 12.1 Å². The lowest BCUT2D eigenvalue weighted by Crippen LogP contribution is -2.25. The van der Waals surface area contributed by atoms with Crippen LogP contribution in [0.5, 0.6) is 5.75 Å². The van der Waals surface area contributed by atoms with Crippen molar-refractivity contribution in [3.05, 3.63) is 52.3 Å². The van der Waals surface area contributed by atoms with E-state index in [2.05, 4.69) is 4.98 Å². The summed E-state index contributed by atoms with van der Waals surface area (Å²) in [5.74, 6) is -0.461. The first-order valence-corrected chi connectivity index (χ1v) is 7.38. The lowest BCUT2D eigenvalue weighted by molar-refractivity contribution is 0.0599. The highest BCUT2D eigenvalue weighted by Gasteiger charge is 2.26. The standard InChI is InChI=1S/C18H18N2O4/c1-10-15(18(22)23-4)11(2)20-16(10)17(21)12(3)24-14-8-6-5-7-13(14)9-19/h5-8,12,20H,1-4H3/t12-/m1/s1. The van der Waals surface area contributed by atoms with E-state index >= 15 is 0 Å². The average Bonchev–Trinajstić information content (AvgIpc) is 2.88. The van der Waals surface area contributed by atoms with Crippen LogP contribution in [0.25, 0.3) is 0 Å². The van der Waals surface area contributed by atoms with Gasteiger partial charge in [-0.2, -0.15) is 5.26 Å². The Kier molecular flexibility index (Phi) is 5.05. The molecule has 6 nitrogen and oxygen atoms in total. The van der Waals surface area contributed by atoms with Crippen LogP contribution in [0.3, 0.4) is 0 Å². The summed E-state index contributed by atoms with van der Waals surface area (Å²) in [6.07, 6.45) is -0.818. The molecule has 0 saturated heterocycles. The highest BCUT2D eigenvalue weighted by atomic mass is 16.5. The molecule has 1 atom stereocenters. The Morgan fingerprint density at radius 3 is 2.54 bits per heavy atom. The van der Waals surface area contributed by atoms with Gasteiger partial charge in [-0.25, -0.2) is 4.79 Å². The maximum atomic E-state index is 12.7. The zero-order valence-corrected chi connectivity index (χ0v) is 14.0. The van der Waals surface area contributed by atoms with Gasteiger partial charge in [-0.05, 0) is 38.5 Å². The van der Waals surface area contributed by atoms with Gasteiger partial charge >= 0.3 is 5.97 Å². The van der Waals surface area contributed by atoms with Crippen LogP contribution < -0.4 is 4.74 Å². The number of ether oxygens (including phenoxy) is 2. The second-order valence-corrected chi connectivity index (χ2v) is 5.35. The minimum Gasteiger partial charge on any atom is -0.481 e. The van der Waals surface area contributed by atoms with E-state index in [1.807, 2.05) is 6.07 Å². The van der Waals surface area contributed by atoms with Crippen molar-refractivity contribution in [1.82, 2.24) is 4.98 Å². The highest BCUT2D eigenvalue weighted by molar-refractivity contribution is 6.03. The van der Waals surface area contributed by atoms with Crippen molar-refractivity contribution in [3.63, 3.8) is 0 Å². The zero-order valence-electron chi connectivity index (χ0n) is 14.0. The molecule has 6 heteroatoms. The number of carbonyl (C=O) groups excluding carboxylic acids is 2. The van der Waals surface area contributed by atoms with Gasteiger partial charge in [0.05, 0.1) is 23.9 Å². The van der Waals surface area contributed by atoms with Crippen LogP contribution in [0.4, 0.5) is 0 Å². The summed E-state index contributed by atoms with van der Waals surface area (Å²) >= 11 is 0. The second kappa shape index (κ2) is 7.01. The number of methoxy groups -OCH3 is 1. The topological polar surface area (TPSA) is 92.2 Å². The molecule has 0 spiro atoms. The van der Waals surface area contributed by atoms with E-state index in [1.54, 1.807) is 45.0 Å². The molecule has 1 aromatic carbocycles. The number of ketones is 1. The molecule has 0 aliphatic carbocycles. The van der Waals surface area contributed by atoms with E-state index in [0.29, 0.717) is 33.8 Å². The number of nitriles is 1. The molecular weight excluding hydrogens is 308 g/mol. The van der Waals surface area contributed by atoms with Crippen molar-refractivity contribution in [1.29, 1.82) is 5.26 Å². The summed E-state index contributed by atoms with van der Waals surface area (Å²) in [6, 6.07) is 8.72. The molecule has 0 amide bonds. The van der Waals surface area contributed by atoms with Crippen LogP contribution in [-0.2, 0) is 4.74 Å². The number of para-hydroxylation sites is 1. The molecule has 0 aliphatic heterocycles. The lowest BCUT2D eigenvalue weighted by Gasteiger charge is -2.14. The minimum atomic E-state index is -0.818. The van der Waals surface area contributed by atoms with Crippen molar-refractivity contribution >= 4 is 11.8 Å². The minimum absolute atomic E-state index is 0.301. The lowest BCUT2D eigenvalue weighted by atomic mass is 10.1. The Morgan fingerprint density at radius 1 is 1.25 bits per heavy atom. The number of benzene rings is 1. The summed E-state index contributed by atoms with van der Waals surface area (Å²) in [4.78, 5) is 27.4. The first-order chi connectivity index (χ1) is 11.4. The van der Waals surface area contributed by atoms with Gasteiger partial charge in [-0.3, -0.25) is 4.79 Å². The molecule has 0 saturated carbocycles. The largest absolute Gasteiger partial charge is 0.481 e. The molecule has 124 valence electrons. The van der Waals surface area contributed by atoms with Crippen LogP contribution in [0.1, 0.15) is 44.6 Å². The number of carbonyl (C=O) groups is 2. The van der Waals surface area contributed by atoms with Gasteiger partial charge < -0.3 is 14.5 Å². The Morgan fingerprint density at radius 2 is 1.92 bits per heavy atom. The third-order valence-corrected chi connectivity index (χ3v) is 3.75. The van der Waals surface area contributed by atoms with Crippen molar-refractivity contribution in [2.24, 2.45) is 0 Å². The third-order valence-electron chi connectivity index (χ3n) is 3.75. The number of aromatic nitrogens is 1. The van der Waals surface area contributed by atoms with E-state index in [-0.39, 0.29) is 5.78 Å². The van der Waals surface area contributed by atoms with E-state index in [1.165, 1.54) is 7.11 Å². The molecule has 0 unspecified atom stereocenters. The van der Waals surface area contributed by atoms with Crippen molar-refractivity contribution < 1.29 is 19.1 Å². The van der Waals surface area contributed by atoms with Crippen LogP contribution in [0.15, 0.2) is 24.3 Å². The number of esters is 1. The second-order valence-electron chi connectivity index (χ2n) is 5.35. The fraction of sp³-hybridized carbons (Fsp3) is 0.278. The molecule has 2 aromatic rings. The van der Waals surface area contributed by atoms with Gasteiger partial charge in [-0.1, -0.05) is 12.1 Å². The number of nitrogens with zero attached hydrogens (tertiary/aromatic N) is 1. The van der Waals surface area contributed by atoms with Crippen molar-refractivity contribution in [2.45, 2.75) is 26.9 Å². The van der Waals surface area contributed by atoms with E-state index in [9.17, 15) is 9.59 Å². The monoisotopic (exact) mass is 326 g/mol. The first kappa shape index (κ1) is 17.3. The molecule has 0 bridgehead atoms. The summed E-state index contributed by atoms with van der Waals surface area (Å²) in [5.41, 5.74) is 2.09. The number of nitrogens with one attached hydrogen (secondary N) is 1. The molecule has 0 fully saturated rings. The average molecular weight is 326 g/mol. The Bertz CT molecular complexity index is 830. The highest BCUT2D eigenvalue weighted by Crippen LogP contribution is 2.23.